The maximum Gasteiger partial charge on any atom is 0.231 e. The highest BCUT2D eigenvalue weighted by Gasteiger charge is 2.40. The van der Waals surface area contributed by atoms with Gasteiger partial charge in [0.2, 0.25) is 18.6 Å². The Kier molecular flexibility index (Phi) is 6.04. The highest BCUT2D eigenvalue weighted by Crippen LogP contribution is 2.38. The second-order valence-electron chi connectivity index (χ2n) is 10.4. The lowest BCUT2D eigenvalue weighted by Gasteiger charge is -2.44. The highest BCUT2D eigenvalue weighted by molar-refractivity contribution is 5.83. The average Bonchev–Trinajstić information content (AvgIpc) is 3.56. The molecule has 0 bridgehead atoms. The molecule has 0 N–H and O–H groups in total. The van der Waals surface area contributed by atoms with E-state index in [4.69, 9.17) is 9.47 Å². The summed E-state index contributed by atoms with van der Waals surface area (Å²) in [6.07, 6.45) is 7.28. The van der Waals surface area contributed by atoms with E-state index in [1.165, 1.54) is 6.42 Å². The second kappa shape index (κ2) is 8.95. The molecule has 0 aromatic heterocycles. The van der Waals surface area contributed by atoms with Gasteiger partial charge in [-0.25, -0.2) is 0 Å². The Morgan fingerprint density at radius 1 is 1.00 bits per heavy atom. The van der Waals surface area contributed by atoms with Gasteiger partial charge in [-0.1, -0.05) is 32.8 Å². The van der Waals surface area contributed by atoms with Crippen LogP contribution in [-0.2, 0) is 16.1 Å². The SMILES string of the molecule is CC1CCCC(N(Cc2ccc3c(c2)OCO3)C(=O)C2CCCN(C(=O)C3CC3)C2)C1C. The maximum atomic E-state index is 14.0. The van der Waals surface area contributed by atoms with Gasteiger partial charge in [0.05, 0.1) is 5.92 Å². The molecule has 1 saturated heterocycles. The van der Waals surface area contributed by atoms with Crippen LogP contribution in [0.15, 0.2) is 18.2 Å². The van der Waals surface area contributed by atoms with Crippen LogP contribution in [0.4, 0.5) is 0 Å². The van der Waals surface area contributed by atoms with E-state index in [0.29, 0.717) is 24.9 Å². The summed E-state index contributed by atoms with van der Waals surface area (Å²) < 4.78 is 11.0. The van der Waals surface area contributed by atoms with E-state index in [0.717, 1.165) is 62.1 Å². The summed E-state index contributed by atoms with van der Waals surface area (Å²) in [5.74, 6) is 3.23. The number of nitrogens with zero attached hydrogens (tertiary/aromatic N) is 2. The quantitative estimate of drug-likeness (QED) is 0.688. The number of likely N-dealkylation sites (tertiary alicyclic amines) is 1. The van der Waals surface area contributed by atoms with Gasteiger partial charge in [0.15, 0.2) is 11.5 Å². The number of benzene rings is 1. The predicted octanol–water partition coefficient (Wildman–Crippen LogP) is 4.22. The third-order valence-electron chi connectivity index (χ3n) is 8.15. The summed E-state index contributed by atoms with van der Waals surface area (Å²) >= 11 is 0. The fourth-order valence-electron chi connectivity index (χ4n) is 5.79. The molecule has 6 nitrogen and oxygen atoms in total. The van der Waals surface area contributed by atoms with Crippen LogP contribution in [0.2, 0.25) is 0 Å². The molecule has 2 saturated carbocycles. The molecule has 1 aromatic carbocycles. The van der Waals surface area contributed by atoms with Gasteiger partial charge in [-0.05, 0) is 61.6 Å². The molecule has 5 rings (SSSR count). The number of hydrogen-bond acceptors (Lipinski definition) is 4. The topological polar surface area (TPSA) is 59.1 Å². The minimum Gasteiger partial charge on any atom is -0.454 e. The molecule has 1 aromatic rings. The van der Waals surface area contributed by atoms with E-state index in [9.17, 15) is 9.59 Å². The molecule has 2 heterocycles. The minimum absolute atomic E-state index is 0.0927. The summed E-state index contributed by atoms with van der Waals surface area (Å²) in [5.41, 5.74) is 1.08. The number of amides is 2. The van der Waals surface area contributed by atoms with Crippen molar-refractivity contribution in [2.24, 2.45) is 23.7 Å². The summed E-state index contributed by atoms with van der Waals surface area (Å²) in [5, 5.41) is 0. The molecule has 32 heavy (non-hydrogen) atoms. The Bertz CT molecular complexity index is 867. The predicted molar refractivity (Wildman–Crippen MR) is 121 cm³/mol. The van der Waals surface area contributed by atoms with Gasteiger partial charge in [-0.2, -0.15) is 0 Å². The third kappa shape index (κ3) is 4.33. The Balaban J connectivity index is 1.37. The number of carbonyl (C=O) groups is 2. The Labute approximate surface area is 191 Å². The largest absolute Gasteiger partial charge is 0.454 e. The summed E-state index contributed by atoms with van der Waals surface area (Å²) in [6.45, 7) is 6.85. The number of piperidine rings is 1. The average molecular weight is 441 g/mol. The van der Waals surface area contributed by atoms with Crippen LogP contribution in [0.5, 0.6) is 11.5 Å². The van der Waals surface area contributed by atoms with E-state index in [-0.39, 0.29) is 36.5 Å². The number of rotatable bonds is 5. The minimum atomic E-state index is -0.0927. The van der Waals surface area contributed by atoms with Crippen molar-refractivity contribution in [3.8, 4) is 11.5 Å². The molecular formula is C26H36N2O4. The molecule has 2 aliphatic heterocycles. The van der Waals surface area contributed by atoms with E-state index in [1.807, 2.05) is 17.0 Å². The van der Waals surface area contributed by atoms with Crippen LogP contribution in [0.1, 0.15) is 64.4 Å². The van der Waals surface area contributed by atoms with Crippen molar-refractivity contribution in [2.75, 3.05) is 19.9 Å². The number of carbonyl (C=O) groups excluding carboxylic acids is 2. The lowest BCUT2D eigenvalue weighted by molar-refractivity contribution is -0.145. The number of ether oxygens (including phenoxy) is 2. The van der Waals surface area contributed by atoms with E-state index in [1.54, 1.807) is 0 Å². The van der Waals surface area contributed by atoms with Gasteiger partial charge in [0.25, 0.3) is 0 Å². The maximum absolute atomic E-state index is 14.0. The Morgan fingerprint density at radius 3 is 2.62 bits per heavy atom. The van der Waals surface area contributed by atoms with Crippen LogP contribution >= 0.6 is 0 Å². The van der Waals surface area contributed by atoms with Crippen LogP contribution in [0.25, 0.3) is 0 Å². The van der Waals surface area contributed by atoms with Crippen LogP contribution in [0, 0.1) is 23.7 Å². The molecule has 4 atom stereocenters. The number of hydrogen-bond donors (Lipinski definition) is 0. The van der Waals surface area contributed by atoms with Crippen molar-refractivity contribution >= 4 is 11.8 Å². The summed E-state index contributed by atoms with van der Waals surface area (Å²) in [7, 11) is 0. The molecule has 2 amide bonds. The van der Waals surface area contributed by atoms with Crippen molar-refractivity contribution < 1.29 is 19.1 Å². The molecular weight excluding hydrogens is 404 g/mol. The normalized spacial score (nSPS) is 29.6. The summed E-state index contributed by atoms with van der Waals surface area (Å²) in [4.78, 5) is 30.8. The first-order chi connectivity index (χ1) is 15.5. The van der Waals surface area contributed by atoms with Crippen molar-refractivity contribution in [3.05, 3.63) is 23.8 Å². The zero-order valence-corrected chi connectivity index (χ0v) is 19.4. The van der Waals surface area contributed by atoms with Gasteiger partial charge in [0, 0.05) is 31.6 Å². The lowest BCUT2D eigenvalue weighted by Crippen LogP contribution is -2.52. The second-order valence-corrected chi connectivity index (χ2v) is 10.4. The van der Waals surface area contributed by atoms with Gasteiger partial charge in [-0.3, -0.25) is 9.59 Å². The van der Waals surface area contributed by atoms with E-state index in [2.05, 4.69) is 24.8 Å². The standard InChI is InChI=1S/C26H36N2O4/c1-17-5-3-7-22(18(17)2)28(14-19-8-11-23-24(13-19)32-16-31-23)26(30)21-6-4-12-27(15-21)25(29)20-9-10-20/h8,11,13,17-18,20-22H,3-7,9-10,12,14-16H2,1-2H3. The van der Waals surface area contributed by atoms with Crippen molar-refractivity contribution in [1.29, 1.82) is 0 Å². The van der Waals surface area contributed by atoms with Crippen molar-refractivity contribution in [2.45, 2.75) is 71.4 Å². The van der Waals surface area contributed by atoms with Gasteiger partial charge in [0.1, 0.15) is 0 Å². The fourth-order valence-corrected chi connectivity index (χ4v) is 5.79. The first-order valence-electron chi connectivity index (χ1n) is 12.5. The molecule has 0 spiro atoms. The van der Waals surface area contributed by atoms with Gasteiger partial charge >= 0.3 is 0 Å². The summed E-state index contributed by atoms with van der Waals surface area (Å²) in [6, 6.07) is 6.26. The first-order valence-corrected chi connectivity index (χ1v) is 12.5. The van der Waals surface area contributed by atoms with Crippen LogP contribution < -0.4 is 9.47 Å². The van der Waals surface area contributed by atoms with Crippen LogP contribution in [-0.4, -0.2) is 47.5 Å². The molecule has 0 radical (unpaired) electrons. The molecule has 2 aliphatic carbocycles. The molecule has 6 heteroatoms. The Morgan fingerprint density at radius 2 is 1.81 bits per heavy atom. The van der Waals surface area contributed by atoms with Crippen molar-refractivity contribution in [3.63, 3.8) is 0 Å². The van der Waals surface area contributed by atoms with Gasteiger partial charge in [-0.15, -0.1) is 0 Å². The lowest BCUT2D eigenvalue weighted by atomic mass is 9.76. The molecule has 4 aliphatic rings. The highest BCUT2D eigenvalue weighted by atomic mass is 16.7. The first kappa shape index (κ1) is 21.6. The third-order valence-corrected chi connectivity index (χ3v) is 8.15. The monoisotopic (exact) mass is 440 g/mol. The fraction of sp³-hybridized carbons (Fsp3) is 0.692. The smallest absolute Gasteiger partial charge is 0.231 e. The van der Waals surface area contributed by atoms with E-state index >= 15 is 0 Å². The molecule has 174 valence electrons. The zero-order valence-electron chi connectivity index (χ0n) is 19.4. The van der Waals surface area contributed by atoms with Crippen molar-refractivity contribution in [1.82, 2.24) is 9.80 Å². The molecule has 3 fully saturated rings. The van der Waals surface area contributed by atoms with E-state index < -0.39 is 0 Å². The molecule has 4 unspecified atom stereocenters. The van der Waals surface area contributed by atoms with Crippen LogP contribution in [0.3, 0.4) is 0 Å². The zero-order chi connectivity index (χ0) is 22.2. The van der Waals surface area contributed by atoms with Gasteiger partial charge < -0.3 is 19.3 Å². The number of fused-ring (bicyclic) bond motifs is 1. The Hall–Kier alpha value is -2.24.